The Balaban J connectivity index is 2.35. The number of hydrogen-bond acceptors (Lipinski definition) is 4. The summed E-state index contributed by atoms with van der Waals surface area (Å²) in [6.45, 7) is 1.95. The minimum absolute atomic E-state index is 0.426. The summed E-state index contributed by atoms with van der Waals surface area (Å²) in [6, 6.07) is 5.76. The zero-order valence-electron chi connectivity index (χ0n) is 11.1. The minimum atomic E-state index is 0.426. The first-order valence-electron chi connectivity index (χ1n) is 5.93. The van der Waals surface area contributed by atoms with Crippen LogP contribution >= 0.6 is 0 Å². The SMILES string of the molecule is COc1cccc2c1nc(N)n2-c1cn(C)nc1C. The number of methoxy groups -OCH3 is 1. The molecule has 6 nitrogen and oxygen atoms in total. The molecule has 0 saturated heterocycles. The third-order valence-corrected chi connectivity index (χ3v) is 3.12. The Morgan fingerprint density at radius 3 is 2.74 bits per heavy atom. The number of aryl methyl sites for hydroxylation is 2. The van der Waals surface area contributed by atoms with E-state index in [1.165, 1.54) is 0 Å². The van der Waals surface area contributed by atoms with Gasteiger partial charge >= 0.3 is 0 Å². The van der Waals surface area contributed by atoms with Crippen LogP contribution in [0.3, 0.4) is 0 Å². The first kappa shape index (κ1) is 11.6. The summed E-state index contributed by atoms with van der Waals surface area (Å²) in [6.07, 6.45) is 1.92. The molecule has 0 atom stereocenters. The number of imidazole rings is 1. The van der Waals surface area contributed by atoms with Crippen molar-refractivity contribution in [3.8, 4) is 11.4 Å². The molecular weight excluding hydrogens is 242 g/mol. The molecule has 19 heavy (non-hydrogen) atoms. The molecule has 0 fully saturated rings. The third kappa shape index (κ3) is 1.64. The molecule has 0 aliphatic rings. The topological polar surface area (TPSA) is 70.9 Å². The van der Waals surface area contributed by atoms with E-state index >= 15 is 0 Å². The number of para-hydroxylation sites is 1. The molecule has 2 aromatic heterocycles. The number of anilines is 1. The molecule has 2 N–H and O–H groups in total. The lowest BCUT2D eigenvalue weighted by Crippen LogP contribution is -2.00. The Labute approximate surface area is 110 Å². The normalized spacial score (nSPS) is 11.1. The van der Waals surface area contributed by atoms with Gasteiger partial charge in [0.15, 0.2) is 0 Å². The quantitative estimate of drug-likeness (QED) is 0.758. The fourth-order valence-electron chi connectivity index (χ4n) is 2.32. The van der Waals surface area contributed by atoms with Gasteiger partial charge in [-0.2, -0.15) is 5.10 Å². The number of ether oxygens (including phenoxy) is 1. The lowest BCUT2D eigenvalue weighted by molar-refractivity contribution is 0.419. The van der Waals surface area contributed by atoms with Crippen molar-refractivity contribution in [1.82, 2.24) is 19.3 Å². The average molecular weight is 257 g/mol. The van der Waals surface area contributed by atoms with Gasteiger partial charge in [-0.3, -0.25) is 9.25 Å². The van der Waals surface area contributed by atoms with Crippen molar-refractivity contribution in [2.45, 2.75) is 6.92 Å². The van der Waals surface area contributed by atoms with Crippen LogP contribution < -0.4 is 10.5 Å². The van der Waals surface area contributed by atoms with Crippen molar-refractivity contribution in [2.75, 3.05) is 12.8 Å². The third-order valence-electron chi connectivity index (χ3n) is 3.12. The Morgan fingerprint density at radius 1 is 1.32 bits per heavy atom. The van der Waals surface area contributed by atoms with Crippen LogP contribution in [0.4, 0.5) is 5.95 Å². The molecule has 0 unspecified atom stereocenters. The van der Waals surface area contributed by atoms with Crippen LogP contribution in [-0.2, 0) is 7.05 Å². The molecule has 2 heterocycles. The molecule has 1 aromatic carbocycles. The van der Waals surface area contributed by atoms with E-state index in [9.17, 15) is 0 Å². The number of benzene rings is 1. The highest BCUT2D eigenvalue weighted by atomic mass is 16.5. The second-order valence-corrected chi connectivity index (χ2v) is 4.41. The molecule has 0 saturated carbocycles. The van der Waals surface area contributed by atoms with E-state index < -0.39 is 0 Å². The summed E-state index contributed by atoms with van der Waals surface area (Å²) in [5, 5.41) is 4.34. The zero-order valence-corrected chi connectivity index (χ0v) is 11.1. The highest BCUT2D eigenvalue weighted by molar-refractivity contribution is 5.86. The van der Waals surface area contributed by atoms with Crippen molar-refractivity contribution < 1.29 is 4.74 Å². The summed E-state index contributed by atoms with van der Waals surface area (Å²) in [7, 11) is 3.51. The lowest BCUT2D eigenvalue weighted by Gasteiger charge is -2.05. The molecule has 0 aliphatic heterocycles. The second-order valence-electron chi connectivity index (χ2n) is 4.41. The predicted molar refractivity (Wildman–Crippen MR) is 73.5 cm³/mol. The number of hydrogen-bond donors (Lipinski definition) is 1. The molecule has 0 radical (unpaired) electrons. The van der Waals surface area contributed by atoms with Crippen molar-refractivity contribution in [1.29, 1.82) is 0 Å². The van der Waals surface area contributed by atoms with Crippen LogP contribution in [0.25, 0.3) is 16.7 Å². The van der Waals surface area contributed by atoms with Crippen LogP contribution in [-0.4, -0.2) is 26.4 Å². The molecule has 0 aliphatic carbocycles. The van der Waals surface area contributed by atoms with Gasteiger partial charge in [-0.05, 0) is 19.1 Å². The van der Waals surface area contributed by atoms with Gasteiger partial charge in [-0.15, -0.1) is 0 Å². The van der Waals surface area contributed by atoms with E-state index in [1.807, 2.05) is 42.9 Å². The molecular formula is C13H15N5O. The standard InChI is InChI=1S/C13H15N5O/c1-8-10(7-17(2)16-8)18-9-5-4-6-11(19-3)12(9)15-13(18)14/h4-7H,1-3H3,(H2,14,15). The predicted octanol–water partition coefficient (Wildman–Crippen LogP) is 1.66. The van der Waals surface area contributed by atoms with E-state index in [0.717, 1.165) is 22.4 Å². The molecule has 3 aromatic rings. The fraction of sp³-hybridized carbons (Fsp3) is 0.231. The van der Waals surface area contributed by atoms with Crippen molar-refractivity contribution in [3.05, 3.63) is 30.1 Å². The Hall–Kier alpha value is -2.50. The van der Waals surface area contributed by atoms with Crippen molar-refractivity contribution in [3.63, 3.8) is 0 Å². The summed E-state index contributed by atoms with van der Waals surface area (Å²) in [5.74, 6) is 1.14. The number of nitrogens with two attached hydrogens (primary N) is 1. The van der Waals surface area contributed by atoms with Gasteiger partial charge < -0.3 is 10.5 Å². The Kier molecular flexibility index (Phi) is 2.45. The van der Waals surface area contributed by atoms with Gasteiger partial charge in [-0.1, -0.05) is 6.07 Å². The molecule has 0 amide bonds. The number of aromatic nitrogens is 4. The Bertz CT molecular complexity index is 756. The van der Waals surface area contributed by atoms with Crippen LogP contribution in [0.2, 0.25) is 0 Å². The van der Waals surface area contributed by atoms with Gasteiger partial charge in [0, 0.05) is 13.2 Å². The van der Waals surface area contributed by atoms with Gasteiger partial charge in [0.25, 0.3) is 0 Å². The number of nitrogens with zero attached hydrogens (tertiary/aromatic N) is 4. The van der Waals surface area contributed by atoms with Crippen molar-refractivity contribution in [2.24, 2.45) is 7.05 Å². The van der Waals surface area contributed by atoms with Crippen LogP contribution in [0.15, 0.2) is 24.4 Å². The number of rotatable bonds is 2. The highest BCUT2D eigenvalue weighted by Crippen LogP contribution is 2.30. The average Bonchev–Trinajstić information content (AvgIpc) is 2.87. The van der Waals surface area contributed by atoms with Crippen LogP contribution in [0.5, 0.6) is 5.75 Å². The van der Waals surface area contributed by atoms with E-state index in [2.05, 4.69) is 10.1 Å². The highest BCUT2D eigenvalue weighted by Gasteiger charge is 2.16. The first-order chi connectivity index (χ1) is 9.11. The van der Waals surface area contributed by atoms with Crippen LogP contribution in [0, 0.1) is 6.92 Å². The van der Waals surface area contributed by atoms with Crippen LogP contribution in [0.1, 0.15) is 5.69 Å². The maximum absolute atomic E-state index is 6.05. The van der Waals surface area contributed by atoms with Gasteiger partial charge in [-0.25, -0.2) is 4.98 Å². The van der Waals surface area contributed by atoms with E-state index in [4.69, 9.17) is 10.5 Å². The molecule has 3 rings (SSSR count). The maximum atomic E-state index is 6.05. The Morgan fingerprint density at radius 2 is 2.11 bits per heavy atom. The maximum Gasteiger partial charge on any atom is 0.206 e. The smallest absolute Gasteiger partial charge is 0.206 e. The second kappa shape index (κ2) is 4.01. The first-order valence-corrected chi connectivity index (χ1v) is 5.93. The fourth-order valence-corrected chi connectivity index (χ4v) is 2.32. The monoisotopic (exact) mass is 257 g/mol. The summed E-state index contributed by atoms with van der Waals surface area (Å²) >= 11 is 0. The molecule has 98 valence electrons. The van der Waals surface area contributed by atoms with Gasteiger partial charge in [0.05, 0.1) is 24.0 Å². The lowest BCUT2D eigenvalue weighted by atomic mass is 10.3. The molecule has 0 spiro atoms. The van der Waals surface area contributed by atoms with Gasteiger partial charge in [0.1, 0.15) is 11.3 Å². The summed E-state index contributed by atoms with van der Waals surface area (Å²) in [4.78, 5) is 4.39. The number of nitrogen functional groups attached to an aromatic ring is 1. The molecule has 6 heteroatoms. The largest absolute Gasteiger partial charge is 0.494 e. The van der Waals surface area contributed by atoms with E-state index in [0.29, 0.717) is 11.7 Å². The zero-order chi connectivity index (χ0) is 13.6. The summed E-state index contributed by atoms with van der Waals surface area (Å²) in [5.41, 5.74) is 9.54. The summed E-state index contributed by atoms with van der Waals surface area (Å²) < 4.78 is 8.96. The number of fused-ring (bicyclic) bond motifs is 1. The molecule has 0 bridgehead atoms. The van der Waals surface area contributed by atoms with E-state index in [-0.39, 0.29) is 0 Å². The van der Waals surface area contributed by atoms with Gasteiger partial charge in [0.2, 0.25) is 5.95 Å². The minimum Gasteiger partial charge on any atom is -0.494 e. The van der Waals surface area contributed by atoms with E-state index in [1.54, 1.807) is 11.8 Å². The van der Waals surface area contributed by atoms with Crippen molar-refractivity contribution >= 4 is 17.0 Å².